The largest absolute Gasteiger partial charge is 0.351 e. The normalized spacial score (nSPS) is 14.2. The lowest BCUT2D eigenvalue weighted by Crippen LogP contribution is -2.47. The summed E-state index contributed by atoms with van der Waals surface area (Å²) in [6.07, 6.45) is 0.951. The van der Waals surface area contributed by atoms with E-state index >= 15 is 0 Å². The van der Waals surface area contributed by atoms with Crippen molar-refractivity contribution in [1.29, 1.82) is 0 Å². The predicted molar refractivity (Wildman–Crippen MR) is 63.8 cm³/mol. The molecular weight excluding hydrogens is 244 g/mol. The quantitative estimate of drug-likeness (QED) is 0.766. The molecule has 84 valence electrons. The monoisotopic (exact) mass is 264 g/mol. The molecule has 0 bridgehead atoms. The highest BCUT2D eigenvalue weighted by Crippen LogP contribution is 2.15. The van der Waals surface area contributed by atoms with Crippen molar-refractivity contribution in [3.8, 4) is 0 Å². The molecule has 0 aliphatic heterocycles. The van der Waals surface area contributed by atoms with Crippen molar-refractivity contribution in [2.45, 2.75) is 37.6 Å². The van der Waals surface area contributed by atoms with Crippen LogP contribution in [-0.4, -0.2) is 41.8 Å². The van der Waals surface area contributed by atoms with Crippen LogP contribution in [0.1, 0.15) is 27.2 Å². The zero-order valence-corrected chi connectivity index (χ0v) is 11.3. The first-order valence-electron chi connectivity index (χ1n) is 4.92. The molecule has 0 aromatic carbocycles. The molecule has 0 rings (SSSR count). The first kappa shape index (κ1) is 13.9. The van der Waals surface area contributed by atoms with Crippen LogP contribution in [0.4, 0.5) is 0 Å². The van der Waals surface area contributed by atoms with E-state index in [1.54, 1.807) is 0 Å². The van der Waals surface area contributed by atoms with Crippen LogP contribution >= 0.6 is 15.9 Å². The zero-order valence-electron chi connectivity index (χ0n) is 9.72. The number of nitrogens with one attached hydrogen (secondary N) is 1. The third-order valence-electron chi connectivity index (χ3n) is 1.95. The average molecular weight is 265 g/mol. The first-order valence-corrected chi connectivity index (χ1v) is 5.71. The molecule has 0 aliphatic rings. The van der Waals surface area contributed by atoms with E-state index in [4.69, 9.17) is 0 Å². The van der Waals surface area contributed by atoms with Crippen molar-refractivity contribution < 1.29 is 4.79 Å². The van der Waals surface area contributed by atoms with Crippen LogP contribution in [0.25, 0.3) is 0 Å². The van der Waals surface area contributed by atoms with Crippen LogP contribution < -0.4 is 5.32 Å². The van der Waals surface area contributed by atoms with E-state index in [0.29, 0.717) is 0 Å². The molecule has 1 unspecified atom stereocenters. The molecule has 1 N–H and O–H groups in total. The topological polar surface area (TPSA) is 32.3 Å². The average Bonchev–Trinajstić information content (AvgIpc) is 2.00. The van der Waals surface area contributed by atoms with Gasteiger partial charge in [-0.25, -0.2) is 0 Å². The second kappa shape index (κ2) is 5.71. The SMILES string of the molecule is CCC(CN(C)C)NC(=O)C(C)(C)Br. The molecule has 14 heavy (non-hydrogen) atoms. The number of likely N-dealkylation sites (N-methyl/N-ethyl adjacent to an activating group) is 1. The summed E-state index contributed by atoms with van der Waals surface area (Å²) >= 11 is 3.34. The van der Waals surface area contributed by atoms with Gasteiger partial charge in [0.05, 0.1) is 4.32 Å². The number of halogens is 1. The van der Waals surface area contributed by atoms with Gasteiger partial charge in [-0.05, 0) is 34.4 Å². The molecule has 0 fully saturated rings. The van der Waals surface area contributed by atoms with Gasteiger partial charge in [-0.15, -0.1) is 0 Å². The van der Waals surface area contributed by atoms with Crippen molar-refractivity contribution in [2.24, 2.45) is 0 Å². The van der Waals surface area contributed by atoms with E-state index in [0.717, 1.165) is 13.0 Å². The maximum absolute atomic E-state index is 11.6. The molecule has 0 saturated heterocycles. The lowest BCUT2D eigenvalue weighted by Gasteiger charge is -2.24. The Morgan fingerprint density at radius 2 is 2.00 bits per heavy atom. The molecule has 0 heterocycles. The minimum Gasteiger partial charge on any atom is -0.351 e. The Kier molecular flexibility index (Phi) is 5.67. The van der Waals surface area contributed by atoms with E-state index in [2.05, 4.69) is 33.1 Å². The van der Waals surface area contributed by atoms with Gasteiger partial charge in [-0.2, -0.15) is 0 Å². The van der Waals surface area contributed by atoms with Crippen molar-refractivity contribution in [2.75, 3.05) is 20.6 Å². The summed E-state index contributed by atoms with van der Waals surface area (Å²) in [7, 11) is 4.02. The highest BCUT2D eigenvalue weighted by molar-refractivity contribution is 9.10. The summed E-state index contributed by atoms with van der Waals surface area (Å²) in [5.74, 6) is 0.0474. The third kappa shape index (κ3) is 5.60. The van der Waals surface area contributed by atoms with Crippen LogP contribution in [-0.2, 0) is 4.79 Å². The fourth-order valence-electron chi connectivity index (χ4n) is 1.07. The highest BCUT2D eigenvalue weighted by Gasteiger charge is 2.25. The number of carbonyl (C=O) groups excluding carboxylic acids is 1. The molecular formula is C10H21BrN2O. The summed E-state index contributed by atoms with van der Waals surface area (Å²) in [4.78, 5) is 13.7. The smallest absolute Gasteiger partial charge is 0.236 e. The number of amides is 1. The van der Waals surface area contributed by atoms with Gasteiger partial charge in [0.25, 0.3) is 0 Å². The maximum Gasteiger partial charge on any atom is 0.236 e. The second-order valence-electron chi connectivity index (χ2n) is 4.31. The maximum atomic E-state index is 11.6. The van der Waals surface area contributed by atoms with Crippen molar-refractivity contribution >= 4 is 21.8 Å². The van der Waals surface area contributed by atoms with Gasteiger partial charge in [0.15, 0.2) is 0 Å². The number of nitrogens with zero attached hydrogens (tertiary/aromatic N) is 1. The van der Waals surface area contributed by atoms with Gasteiger partial charge in [-0.3, -0.25) is 4.79 Å². The van der Waals surface area contributed by atoms with Gasteiger partial charge >= 0.3 is 0 Å². The number of hydrogen-bond donors (Lipinski definition) is 1. The Morgan fingerprint density at radius 1 is 1.50 bits per heavy atom. The number of alkyl halides is 1. The van der Waals surface area contributed by atoms with E-state index in [1.807, 2.05) is 27.9 Å². The molecule has 0 aromatic heterocycles. The Balaban J connectivity index is 4.12. The van der Waals surface area contributed by atoms with E-state index in [-0.39, 0.29) is 11.9 Å². The molecule has 4 heteroatoms. The molecule has 1 atom stereocenters. The standard InChI is InChI=1S/C10H21BrN2O/c1-6-8(7-13(4)5)12-9(14)10(2,3)11/h8H,6-7H2,1-5H3,(H,12,14). The van der Waals surface area contributed by atoms with Crippen LogP contribution in [0.2, 0.25) is 0 Å². The summed E-state index contributed by atoms with van der Waals surface area (Å²) in [6, 6.07) is 0.231. The first-order chi connectivity index (χ1) is 6.27. The van der Waals surface area contributed by atoms with Crippen LogP contribution in [0.15, 0.2) is 0 Å². The fraction of sp³-hybridized carbons (Fsp3) is 0.900. The minimum absolute atomic E-state index is 0.0474. The molecule has 0 saturated carbocycles. The Bertz CT molecular complexity index is 187. The Hall–Kier alpha value is -0.0900. The number of carbonyl (C=O) groups is 1. The van der Waals surface area contributed by atoms with Crippen LogP contribution in [0.3, 0.4) is 0 Å². The van der Waals surface area contributed by atoms with E-state index < -0.39 is 4.32 Å². The summed E-state index contributed by atoms with van der Waals surface area (Å²) in [6.45, 7) is 6.66. The summed E-state index contributed by atoms with van der Waals surface area (Å²) < 4.78 is -0.479. The van der Waals surface area contributed by atoms with Gasteiger partial charge in [0.2, 0.25) is 5.91 Å². The van der Waals surface area contributed by atoms with E-state index in [9.17, 15) is 4.79 Å². The second-order valence-corrected chi connectivity index (χ2v) is 6.30. The van der Waals surface area contributed by atoms with Gasteiger partial charge < -0.3 is 10.2 Å². The fourth-order valence-corrected chi connectivity index (χ4v) is 1.19. The third-order valence-corrected chi connectivity index (χ3v) is 2.31. The Morgan fingerprint density at radius 3 is 2.29 bits per heavy atom. The predicted octanol–water partition coefficient (Wildman–Crippen LogP) is 1.62. The van der Waals surface area contributed by atoms with Gasteiger partial charge in [0.1, 0.15) is 0 Å². The Labute approximate surface area is 95.4 Å². The molecule has 0 radical (unpaired) electrons. The highest BCUT2D eigenvalue weighted by atomic mass is 79.9. The lowest BCUT2D eigenvalue weighted by molar-refractivity contribution is -0.123. The van der Waals surface area contributed by atoms with E-state index in [1.165, 1.54) is 0 Å². The molecule has 0 aromatic rings. The number of hydrogen-bond acceptors (Lipinski definition) is 2. The van der Waals surface area contributed by atoms with Crippen LogP contribution in [0, 0.1) is 0 Å². The van der Waals surface area contributed by atoms with Crippen LogP contribution in [0.5, 0.6) is 0 Å². The van der Waals surface area contributed by atoms with Crippen molar-refractivity contribution in [3.63, 3.8) is 0 Å². The van der Waals surface area contributed by atoms with Crippen molar-refractivity contribution in [1.82, 2.24) is 10.2 Å². The summed E-state index contributed by atoms with van der Waals surface area (Å²) in [5.41, 5.74) is 0. The molecule has 0 spiro atoms. The van der Waals surface area contributed by atoms with Crippen molar-refractivity contribution in [3.05, 3.63) is 0 Å². The zero-order chi connectivity index (χ0) is 11.4. The lowest BCUT2D eigenvalue weighted by atomic mass is 10.1. The number of rotatable bonds is 5. The molecule has 0 aliphatic carbocycles. The minimum atomic E-state index is -0.479. The molecule has 1 amide bonds. The van der Waals surface area contributed by atoms with Gasteiger partial charge in [-0.1, -0.05) is 22.9 Å². The van der Waals surface area contributed by atoms with Gasteiger partial charge in [0, 0.05) is 12.6 Å². The molecule has 3 nitrogen and oxygen atoms in total. The summed E-state index contributed by atoms with van der Waals surface area (Å²) in [5, 5.41) is 3.01.